The number of ether oxygens (including phenoxy) is 1. The number of fused-ring (bicyclic) bond motifs is 11. The predicted octanol–water partition coefficient (Wildman–Crippen LogP) is 11.5. The van der Waals surface area contributed by atoms with Crippen molar-refractivity contribution in [2.24, 2.45) is 0 Å². The van der Waals surface area contributed by atoms with Gasteiger partial charge in [-0.2, -0.15) is 0 Å². The molecule has 0 atom stereocenters. The van der Waals surface area contributed by atoms with Crippen LogP contribution in [-0.2, 0) is 5.41 Å². The molecule has 0 unspecified atom stereocenters. The highest BCUT2D eigenvalue weighted by atomic mass is 16.5. The Bertz CT molecular complexity index is 3310. The zero-order valence-corrected chi connectivity index (χ0v) is 30.1. The van der Waals surface area contributed by atoms with Gasteiger partial charge in [0.2, 0.25) is 0 Å². The maximum absolute atomic E-state index is 6.74. The molecule has 10 aromatic rings. The van der Waals surface area contributed by atoms with Crippen molar-refractivity contribution in [3.05, 3.63) is 169 Å². The number of hydrogen-bond donors (Lipinski definition) is 0. The largest absolute Gasteiger partial charge is 0.453 e. The van der Waals surface area contributed by atoms with Gasteiger partial charge in [0.15, 0.2) is 17.3 Å². The molecule has 0 amide bonds. The molecule has 0 radical (unpaired) electrons. The maximum Gasteiger partial charge on any atom is 0.159 e. The van der Waals surface area contributed by atoms with E-state index in [1.165, 1.54) is 27.7 Å². The van der Waals surface area contributed by atoms with Gasteiger partial charge in [0.1, 0.15) is 0 Å². The lowest BCUT2D eigenvalue weighted by Gasteiger charge is -2.36. The normalized spacial score (nSPS) is 13.6. The second-order valence-corrected chi connectivity index (χ2v) is 14.9. The Hall–Kier alpha value is -7.25. The quantitative estimate of drug-likeness (QED) is 0.179. The van der Waals surface area contributed by atoms with Crippen LogP contribution in [0.5, 0.6) is 11.5 Å². The first-order valence-corrected chi connectivity index (χ1v) is 18.6. The van der Waals surface area contributed by atoms with Gasteiger partial charge in [-0.05, 0) is 65.7 Å². The lowest BCUT2D eigenvalue weighted by Crippen LogP contribution is -2.27. The Morgan fingerprint density at radius 2 is 1.13 bits per heavy atom. The molecule has 0 fully saturated rings. The fourth-order valence-electron chi connectivity index (χ4n) is 9.20. The predicted molar refractivity (Wildman–Crippen MR) is 221 cm³/mol. The molecule has 260 valence electrons. The highest BCUT2D eigenvalue weighted by Crippen LogP contribution is 2.49. The number of aromatic nitrogens is 6. The third kappa shape index (κ3) is 4.07. The molecule has 7 heteroatoms. The second-order valence-electron chi connectivity index (χ2n) is 14.9. The lowest BCUT2D eigenvalue weighted by atomic mass is 9.74. The van der Waals surface area contributed by atoms with Gasteiger partial charge in [-0.25, -0.2) is 9.97 Å². The molecule has 0 N–H and O–H groups in total. The van der Waals surface area contributed by atoms with Gasteiger partial charge in [-0.15, -0.1) is 0 Å². The minimum Gasteiger partial charge on any atom is -0.453 e. The molecule has 2 aliphatic rings. The van der Waals surface area contributed by atoms with Gasteiger partial charge < -0.3 is 18.4 Å². The van der Waals surface area contributed by atoms with Crippen molar-refractivity contribution in [3.63, 3.8) is 0 Å². The molecule has 0 spiro atoms. The number of para-hydroxylation sites is 6. The lowest BCUT2D eigenvalue weighted by molar-refractivity contribution is 0.476. The highest BCUT2D eigenvalue weighted by molar-refractivity contribution is 6.16. The van der Waals surface area contributed by atoms with Gasteiger partial charge in [0.05, 0.1) is 62.6 Å². The summed E-state index contributed by atoms with van der Waals surface area (Å²) in [4.78, 5) is 13.9. The number of hydrogen-bond acceptors (Lipinski definition) is 4. The Kier molecular flexibility index (Phi) is 5.99. The highest BCUT2D eigenvalue weighted by Gasteiger charge is 2.35. The van der Waals surface area contributed by atoms with Crippen LogP contribution >= 0.6 is 0 Å². The molecule has 7 nitrogen and oxygen atoms in total. The Labute approximate surface area is 315 Å². The minimum absolute atomic E-state index is 0.238. The fourth-order valence-corrected chi connectivity index (χ4v) is 9.20. The van der Waals surface area contributed by atoms with Crippen molar-refractivity contribution < 1.29 is 4.74 Å². The second kappa shape index (κ2) is 10.9. The summed E-state index contributed by atoms with van der Waals surface area (Å²) in [6, 6.07) is 47.8. The summed E-state index contributed by atoms with van der Waals surface area (Å²) in [6.07, 6.45) is 7.39. The summed E-state index contributed by atoms with van der Waals surface area (Å²) in [7, 11) is 0. The van der Waals surface area contributed by atoms with E-state index in [1.807, 2.05) is 30.6 Å². The summed E-state index contributed by atoms with van der Waals surface area (Å²) < 4.78 is 14.0. The van der Waals surface area contributed by atoms with E-state index in [-0.39, 0.29) is 5.41 Å². The van der Waals surface area contributed by atoms with Crippen LogP contribution in [0.3, 0.4) is 0 Å². The first-order chi connectivity index (χ1) is 27.1. The monoisotopic (exact) mass is 708 g/mol. The zero-order valence-electron chi connectivity index (χ0n) is 30.1. The van der Waals surface area contributed by atoms with Gasteiger partial charge in [0.25, 0.3) is 0 Å². The molecule has 55 heavy (non-hydrogen) atoms. The molecule has 12 rings (SSSR count). The number of benzene rings is 6. The van der Waals surface area contributed by atoms with E-state index in [0.717, 1.165) is 72.2 Å². The third-order valence-electron chi connectivity index (χ3n) is 11.7. The van der Waals surface area contributed by atoms with Gasteiger partial charge in [0, 0.05) is 44.9 Å². The van der Waals surface area contributed by atoms with Crippen molar-refractivity contribution in [2.75, 3.05) is 0 Å². The molecule has 0 bridgehead atoms. The first kappa shape index (κ1) is 30.2. The summed E-state index contributed by atoms with van der Waals surface area (Å²) in [5, 5.41) is 4.59. The summed E-state index contributed by atoms with van der Waals surface area (Å²) in [5.74, 6) is 2.30. The first-order valence-electron chi connectivity index (χ1n) is 18.6. The van der Waals surface area contributed by atoms with Crippen LogP contribution in [0.4, 0.5) is 0 Å². The maximum atomic E-state index is 6.74. The standard InChI is InChI=1S/C48H32N6O/c1-48(2)35-14-4-6-17-38(35)53-41-25-34-31-11-3-5-16-37(31)52(30-27-50-47(51-28-30)29-21-23-49-24-22-29)40(34)26-42(41)54-39-18-7-8-19-43(39)55-44-20-10-13-33(46(44)54)32-12-9-15-36(48)45(32)53/h3-28H,1-2H3. The number of pyridine rings is 1. The van der Waals surface area contributed by atoms with Crippen LogP contribution in [0.1, 0.15) is 25.0 Å². The van der Waals surface area contributed by atoms with Crippen LogP contribution < -0.4 is 4.74 Å². The van der Waals surface area contributed by atoms with Gasteiger partial charge in [-0.1, -0.05) is 92.7 Å². The summed E-state index contributed by atoms with van der Waals surface area (Å²) >= 11 is 0. The van der Waals surface area contributed by atoms with Crippen molar-refractivity contribution in [1.29, 1.82) is 0 Å². The van der Waals surface area contributed by atoms with Crippen molar-refractivity contribution >= 4 is 54.6 Å². The van der Waals surface area contributed by atoms with E-state index < -0.39 is 0 Å². The molecule has 6 heterocycles. The Morgan fingerprint density at radius 3 is 1.98 bits per heavy atom. The molecule has 0 saturated carbocycles. The summed E-state index contributed by atoms with van der Waals surface area (Å²) in [6.45, 7) is 4.70. The fraction of sp³-hybridized carbons (Fsp3) is 0.0625. The van der Waals surface area contributed by atoms with E-state index in [9.17, 15) is 0 Å². The zero-order chi connectivity index (χ0) is 36.4. The molecule has 0 aliphatic carbocycles. The van der Waals surface area contributed by atoms with Crippen LogP contribution in [0.2, 0.25) is 0 Å². The van der Waals surface area contributed by atoms with Crippen LogP contribution in [-0.4, -0.2) is 28.7 Å². The molecule has 4 aromatic heterocycles. The topological polar surface area (TPSA) is 62.7 Å². The minimum atomic E-state index is -0.238. The third-order valence-corrected chi connectivity index (χ3v) is 11.7. The summed E-state index contributed by atoms with van der Waals surface area (Å²) in [5.41, 5.74) is 12.8. The Balaban J connectivity index is 1.33. The van der Waals surface area contributed by atoms with Crippen molar-refractivity contribution in [2.45, 2.75) is 19.3 Å². The van der Waals surface area contributed by atoms with Crippen molar-refractivity contribution in [1.82, 2.24) is 28.7 Å². The van der Waals surface area contributed by atoms with E-state index in [0.29, 0.717) is 5.82 Å². The SMILES string of the molecule is CC1(C)c2ccccc2-n2c3cc4c5ccccc5n(-c5cnc(-c6ccncc6)nc5)c4cc3n3c4c(cccc4c4cccc1c42)Oc1ccccc1-3. The van der Waals surface area contributed by atoms with Gasteiger partial charge in [-0.3, -0.25) is 4.98 Å². The number of nitrogens with zero attached hydrogens (tertiary/aromatic N) is 6. The van der Waals surface area contributed by atoms with E-state index in [2.05, 4.69) is 148 Å². The van der Waals surface area contributed by atoms with E-state index >= 15 is 0 Å². The Morgan fingerprint density at radius 1 is 0.491 bits per heavy atom. The smallest absolute Gasteiger partial charge is 0.159 e. The van der Waals surface area contributed by atoms with Crippen molar-refractivity contribution in [3.8, 4) is 39.9 Å². The molecule has 2 aliphatic heterocycles. The molecular weight excluding hydrogens is 677 g/mol. The molecule has 6 aromatic carbocycles. The molecular formula is C48H32N6O. The van der Waals surface area contributed by atoms with Crippen LogP contribution in [0.25, 0.3) is 83.1 Å². The van der Waals surface area contributed by atoms with Gasteiger partial charge >= 0.3 is 0 Å². The molecule has 0 saturated heterocycles. The van der Waals surface area contributed by atoms with Crippen LogP contribution in [0, 0.1) is 0 Å². The van der Waals surface area contributed by atoms with Crippen LogP contribution in [0.15, 0.2) is 158 Å². The van der Waals surface area contributed by atoms with E-state index in [1.54, 1.807) is 12.4 Å². The van der Waals surface area contributed by atoms with E-state index in [4.69, 9.17) is 14.7 Å². The average molecular weight is 709 g/mol. The average Bonchev–Trinajstić information content (AvgIpc) is 3.55. The number of rotatable bonds is 2.